The Hall–Kier alpha value is -0.570. The van der Waals surface area contributed by atoms with Gasteiger partial charge >= 0.3 is 0 Å². The van der Waals surface area contributed by atoms with Crippen LogP contribution in [0.4, 0.5) is 0 Å². The normalized spacial score (nSPS) is 32.4. The van der Waals surface area contributed by atoms with Gasteiger partial charge in [-0.2, -0.15) is 0 Å². The van der Waals surface area contributed by atoms with Gasteiger partial charge in [-0.1, -0.05) is 12.8 Å². The van der Waals surface area contributed by atoms with Crippen molar-refractivity contribution in [2.45, 2.75) is 64.5 Å². The molecule has 98 valence electrons. The fourth-order valence-electron chi connectivity index (χ4n) is 3.29. The number of piperidine rings is 1. The van der Waals surface area contributed by atoms with Gasteiger partial charge in [0.05, 0.1) is 0 Å². The SMILES string of the molecule is CC1CC(C(=O)N[C@@H](C)C2CCCC2)CCN1. The van der Waals surface area contributed by atoms with Crippen molar-refractivity contribution in [3.8, 4) is 0 Å². The van der Waals surface area contributed by atoms with E-state index < -0.39 is 0 Å². The molecule has 2 unspecified atom stereocenters. The Balaban J connectivity index is 1.79. The van der Waals surface area contributed by atoms with Crippen molar-refractivity contribution in [2.75, 3.05) is 6.54 Å². The molecule has 2 aliphatic rings. The smallest absolute Gasteiger partial charge is 0.223 e. The van der Waals surface area contributed by atoms with Crippen molar-refractivity contribution in [3.05, 3.63) is 0 Å². The van der Waals surface area contributed by atoms with Gasteiger partial charge in [0, 0.05) is 18.0 Å². The molecule has 1 saturated heterocycles. The molecule has 17 heavy (non-hydrogen) atoms. The van der Waals surface area contributed by atoms with Gasteiger partial charge in [0.25, 0.3) is 0 Å². The number of carbonyl (C=O) groups is 1. The van der Waals surface area contributed by atoms with Crippen LogP contribution in [-0.4, -0.2) is 24.5 Å². The number of carbonyl (C=O) groups excluding carboxylic acids is 1. The fourth-order valence-corrected chi connectivity index (χ4v) is 3.29. The number of hydrogen-bond acceptors (Lipinski definition) is 2. The summed E-state index contributed by atoms with van der Waals surface area (Å²) in [7, 11) is 0. The van der Waals surface area contributed by atoms with Crippen LogP contribution in [0.2, 0.25) is 0 Å². The largest absolute Gasteiger partial charge is 0.353 e. The summed E-state index contributed by atoms with van der Waals surface area (Å²) < 4.78 is 0. The monoisotopic (exact) mass is 238 g/mol. The first-order valence-corrected chi connectivity index (χ1v) is 7.20. The van der Waals surface area contributed by atoms with Gasteiger partial charge in [-0.05, 0) is 52.0 Å². The maximum absolute atomic E-state index is 12.2. The minimum absolute atomic E-state index is 0.232. The zero-order valence-corrected chi connectivity index (χ0v) is 11.2. The van der Waals surface area contributed by atoms with E-state index in [1.54, 1.807) is 0 Å². The van der Waals surface area contributed by atoms with Crippen molar-refractivity contribution in [2.24, 2.45) is 11.8 Å². The molecule has 3 atom stereocenters. The standard InChI is InChI=1S/C14H26N2O/c1-10-9-13(7-8-15-10)14(17)16-11(2)12-5-3-4-6-12/h10-13,15H,3-9H2,1-2H3,(H,16,17)/t10?,11-,13?/m0/s1. The maximum Gasteiger partial charge on any atom is 0.223 e. The summed E-state index contributed by atoms with van der Waals surface area (Å²) in [5, 5.41) is 6.64. The van der Waals surface area contributed by atoms with E-state index in [0.29, 0.717) is 12.1 Å². The van der Waals surface area contributed by atoms with Crippen molar-refractivity contribution >= 4 is 5.91 Å². The lowest BCUT2D eigenvalue weighted by Gasteiger charge is -2.29. The van der Waals surface area contributed by atoms with Crippen LogP contribution < -0.4 is 10.6 Å². The van der Waals surface area contributed by atoms with Crippen molar-refractivity contribution < 1.29 is 4.79 Å². The first kappa shape index (κ1) is 12.9. The summed E-state index contributed by atoms with van der Waals surface area (Å²) in [6.45, 7) is 5.33. The van der Waals surface area contributed by atoms with E-state index in [1.807, 2.05) is 0 Å². The molecule has 0 bridgehead atoms. The van der Waals surface area contributed by atoms with Crippen LogP contribution in [0, 0.1) is 11.8 Å². The molecule has 1 amide bonds. The zero-order chi connectivity index (χ0) is 12.3. The second-order valence-electron chi connectivity index (χ2n) is 5.92. The molecule has 0 aromatic heterocycles. The summed E-state index contributed by atoms with van der Waals surface area (Å²) in [6.07, 6.45) is 7.26. The van der Waals surface area contributed by atoms with Gasteiger partial charge in [0.15, 0.2) is 0 Å². The third-order valence-corrected chi connectivity index (χ3v) is 4.47. The van der Waals surface area contributed by atoms with Crippen LogP contribution in [0.25, 0.3) is 0 Å². The Kier molecular flexibility index (Phi) is 4.43. The molecule has 3 nitrogen and oxygen atoms in total. The summed E-state index contributed by atoms with van der Waals surface area (Å²) in [5.41, 5.74) is 0. The molecule has 1 saturated carbocycles. The van der Waals surface area contributed by atoms with E-state index in [1.165, 1.54) is 25.7 Å². The molecule has 2 fully saturated rings. The predicted octanol–water partition coefficient (Wildman–Crippen LogP) is 2.07. The highest BCUT2D eigenvalue weighted by Gasteiger charge is 2.28. The number of nitrogens with one attached hydrogen (secondary N) is 2. The lowest BCUT2D eigenvalue weighted by molar-refractivity contribution is -0.127. The Morgan fingerprint density at radius 2 is 2.00 bits per heavy atom. The fraction of sp³-hybridized carbons (Fsp3) is 0.929. The Morgan fingerprint density at radius 3 is 2.65 bits per heavy atom. The average Bonchev–Trinajstić information content (AvgIpc) is 2.82. The highest BCUT2D eigenvalue weighted by atomic mass is 16.1. The molecule has 1 aliphatic heterocycles. The summed E-state index contributed by atoms with van der Waals surface area (Å²) >= 11 is 0. The van der Waals surface area contributed by atoms with Crippen LogP contribution in [0.3, 0.4) is 0 Å². The molecule has 2 rings (SSSR count). The molecule has 2 N–H and O–H groups in total. The molecule has 1 aliphatic carbocycles. The van der Waals surface area contributed by atoms with Crippen LogP contribution in [0.1, 0.15) is 52.4 Å². The zero-order valence-electron chi connectivity index (χ0n) is 11.2. The van der Waals surface area contributed by atoms with Crippen LogP contribution in [0.5, 0.6) is 0 Å². The third-order valence-electron chi connectivity index (χ3n) is 4.47. The minimum atomic E-state index is 0.232. The van der Waals surface area contributed by atoms with Gasteiger partial charge in [-0.3, -0.25) is 4.79 Å². The predicted molar refractivity (Wildman–Crippen MR) is 69.8 cm³/mol. The van der Waals surface area contributed by atoms with Gasteiger partial charge in [-0.25, -0.2) is 0 Å². The molecule has 0 radical (unpaired) electrons. The Morgan fingerprint density at radius 1 is 1.29 bits per heavy atom. The number of rotatable bonds is 3. The average molecular weight is 238 g/mol. The second-order valence-corrected chi connectivity index (χ2v) is 5.92. The molecular formula is C14H26N2O. The van der Waals surface area contributed by atoms with E-state index in [4.69, 9.17) is 0 Å². The Bertz CT molecular complexity index is 261. The highest BCUT2D eigenvalue weighted by Crippen LogP contribution is 2.28. The van der Waals surface area contributed by atoms with Gasteiger partial charge in [-0.15, -0.1) is 0 Å². The third kappa shape index (κ3) is 3.44. The van der Waals surface area contributed by atoms with E-state index in [-0.39, 0.29) is 11.8 Å². The second kappa shape index (κ2) is 5.85. The van der Waals surface area contributed by atoms with E-state index in [2.05, 4.69) is 24.5 Å². The topological polar surface area (TPSA) is 41.1 Å². The van der Waals surface area contributed by atoms with Gasteiger partial charge < -0.3 is 10.6 Å². The summed E-state index contributed by atoms with van der Waals surface area (Å²) in [5.74, 6) is 1.24. The van der Waals surface area contributed by atoms with E-state index >= 15 is 0 Å². The highest BCUT2D eigenvalue weighted by molar-refractivity contribution is 5.79. The van der Waals surface area contributed by atoms with Crippen molar-refractivity contribution in [1.82, 2.24) is 10.6 Å². The number of hydrogen-bond donors (Lipinski definition) is 2. The summed E-state index contributed by atoms with van der Waals surface area (Å²) in [6, 6.07) is 0.858. The lowest BCUT2D eigenvalue weighted by Crippen LogP contribution is -2.46. The maximum atomic E-state index is 12.2. The van der Waals surface area contributed by atoms with Crippen LogP contribution in [-0.2, 0) is 4.79 Å². The van der Waals surface area contributed by atoms with Crippen molar-refractivity contribution in [3.63, 3.8) is 0 Å². The van der Waals surface area contributed by atoms with Gasteiger partial charge in [0.1, 0.15) is 0 Å². The molecule has 1 heterocycles. The summed E-state index contributed by atoms with van der Waals surface area (Å²) in [4.78, 5) is 12.2. The first-order valence-electron chi connectivity index (χ1n) is 7.20. The molecule has 0 aromatic rings. The van der Waals surface area contributed by atoms with Crippen molar-refractivity contribution in [1.29, 1.82) is 0 Å². The van der Waals surface area contributed by atoms with E-state index in [0.717, 1.165) is 25.3 Å². The van der Waals surface area contributed by atoms with E-state index in [9.17, 15) is 4.79 Å². The van der Waals surface area contributed by atoms with Crippen LogP contribution >= 0.6 is 0 Å². The lowest BCUT2D eigenvalue weighted by atomic mass is 9.91. The minimum Gasteiger partial charge on any atom is -0.353 e. The Labute approximate surface area is 105 Å². The molecule has 0 spiro atoms. The van der Waals surface area contributed by atoms with Crippen LogP contribution in [0.15, 0.2) is 0 Å². The molecule has 3 heteroatoms. The molecular weight excluding hydrogens is 212 g/mol. The van der Waals surface area contributed by atoms with Gasteiger partial charge in [0.2, 0.25) is 5.91 Å². The number of amides is 1. The quantitative estimate of drug-likeness (QED) is 0.790. The molecule has 0 aromatic carbocycles. The first-order chi connectivity index (χ1) is 8.16.